The summed E-state index contributed by atoms with van der Waals surface area (Å²) in [7, 11) is 1.88. The molecule has 0 spiro atoms. The highest BCUT2D eigenvalue weighted by molar-refractivity contribution is 5.81. The maximum absolute atomic E-state index is 12.0. The van der Waals surface area contributed by atoms with Crippen LogP contribution in [0.5, 0.6) is 0 Å². The fourth-order valence-electron chi connectivity index (χ4n) is 2.83. The van der Waals surface area contributed by atoms with E-state index in [1.807, 2.05) is 18.0 Å². The van der Waals surface area contributed by atoms with Gasteiger partial charge in [0.05, 0.1) is 6.04 Å². The highest BCUT2D eigenvalue weighted by atomic mass is 16.2. The Kier molecular flexibility index (Phi) is 5.15. The zero-order valence-corrected chi connectivity index (χ0v) is 12.5. The molecule has 2 rings (SSSR count). The van der Waals surface area contributed by atoms with Crippen LogP contribution in [0.15, 0.2) is 30.3 Å². The lowest BCUT2D eigenvalue weighted by atomic mass is 10.0. The Morgan fingerprint density at radius 1 is 1.45 bits per heavy atom. The molecule has 1 aromatic carbocycles. The van der Waals surface area contributed by atoms with Crippen LogP contribution >= 0.6 is 0 Å². The van der Waals surface area contributed by atoms with Crippen molar-refractivity contribution in [3.8, 4) is 0 Å². The number of rotatable bonds is 4. The summed E-state index contributed by atoms with van der Waals surface area (Å²) in [5.74, 6) is 0.0385. The van der Waals surface area contributed by atoms with Gasteiger partial charge in [-0.2, -0.15) is 0 Å². The normalized spacial score (nSPS) is 21.4. The van der Waals surface area contributed by atoms with E-state index >= 15 is 0 Å². The number of hydrogen-bond acceptors (Lipinski definition) is 3. The largest absolute Gasteiger partial charge is 0.340 e. The van der Waals surface area contributed by atoms with E-state index in [2.05, 4.69) is 29.2 Å². The summed E-state index contributed by atoms with van der Waals surface area (Å²) in [6.45, 7) is 4.75. The van der Waals surface area contributed by atoms with Crippen LogP contribution in [0.1, 0.15) is 25.3 Å². The molecule has 0 radical (unpaired) electrons. The topological polar surface area (TPSA) is 49.6 Å². The molecule has 1 amide bonds. The molecule has 2 N–H and O–H groups in total. The molecule has 1 saturated heterocycles. The average Bonchev–Trinajstić information content (AvgIpc) is 2.47. The first kappa shape index (κ1) is 15.0. The fourth-order valence-corrected chi connectivity index (χ4v) is 2.83. The molecule has 110 valence electrons. The first-order valence-electron chi connectivity index (χ1n) is 7.36. The Labute approximate surface area is 121 Å². The van der Waals surface area contributed by atoms with Crippen LogP contribution in [0.3, 0.4) is 0 Å². The molecule has 1 aliphatic rings. The summed E-state index contributed by atoms with van der Waals surface area (Å²) in [5, 5.41) is 0. The number of benzene rings is 1. The molecule has 0 bridgehead atoms. The molecule has 0 aliphatic carbocycles. The Balaban J connectivity index is 1.93. The van der Waals surface area contributed by atoms with Gasteiger partial charge in [-0.1, -0.05) is 30.3 Å². The van der Waals surface area contributed by atoms with Crippen LogP contribution in [0.25, 0.3) is 0 Å². The molecule has 1 fully saturated rings. The van der Waals surface area contributed by atoms with Crippen LogP contribution in [0.2, 0.25) is 0 Å². The Morgan fingerprint density at radius 3 is 2.80 bits per heavy atom. The molecule has 2 atom stereocenters. The lowest BCUT2D eigenvalue weighted by Crippen LogP contribution is -2.51. The molecule has 20 heavy (non-hydrogen) atoms. The molecule has 1 heterocycles. The predicted octanol–water partition coefficient (Wildman–Crippen LogP) is 1.46. The van der Waals surface area contributed by atoms with Crippen molar-refractivity contribution in [1.82, 2.24) is 9.80 Å². The number of nitrogens with zero attached hydrogens (tertiary/aromatic N) is 2. The number of carbonyl (C=O) groups is 1. The lowest BCUT2D eigenvalue weighted by Gasteiger charge is -2.38. The Morgan fingerprint density at radius 2 is 2.15 bits per heavy atom. The first-order valence-corrected chi connectivity index (χ1v) is 7.36. The molecule has 1 unspecified atom stereocenters. The van der Waals surface area contributed by atoms with Crippen LogP contribution < -0.4 is 5.73 Å². The quantitative estimate of drug-likeness (QED) is 0.905. The Bertz CT molecular complexity index is 433. The van der Waals surface area contributed by atoms with E-state index in [9.17, 15) is 4.79 Å². The smallest absolute Gasteiger partial charge is 0.239 e. The van der Waals surface area contributed by atoms with Crippen LogP contribution in [0, 0.1) is 0 Å². The lowest BCUT2D eigenvalue weighted by molar-refractivity contribution is -0.134. The highest BCUT2D eigenvalue weighted by Crippen LogP contribution is 2.17. The predicted molar refractivity (Wildman–Crippen MR) is 81.2 cm³/mol. The first-order chi connectivity index (χ1) is 9.58. The van der Waals surface area contributed by atoms with Crippen LogP contribution in [-0.2, 0) is 11.3 Å². The van der Waals surface area contributed by atoms with Gasteiger partial charge in [0.15, 0.2) is 0 Å². The molecule has 1 aliphatic heterocycles. The standard InChI is InChI=1S/C16H25N3O/c1-13(17)16(20)18(2)15-9-6-10-19(12-15)11-14-7-4-3-5-8-14/h3-5,7-8,13,15H,6,9-12,17H2,1-2H3/t13-,15?/m0/s1. The monoisotopic (exact) mass is 275 g/mol. The summed E-state index contributed by atoms with van der Waals surface area (Å²) in [5.41, 5.74) is 7.02. The summed E-state index contributed by atoms with van der Waals surface area (Å²) in [4.78, 5) is 16.2. The van der Waals surface area contributed by atoms with Gasteiger partial charge in [0.2, 0.25) is 5.91 Å². The van der Waals surface area contributed by atoms with Crippen molar-refractivity contribution in [3.05, 3.63) is 35.9 Å². The molecule has 0 saturated carbocycles. The summed E-state index contributed by atoms with van der Waals surface area (Å²) in [6, 6.07) is 10.4. The summed E-state index contributed by atoms with van der Waals surface area (Å²) < 4.78 is 0. The zero-order chi connectivity index (χ0) is 14.5. The van der Waals surface area contributed by atoms with Crippen LogP contribution in [0.4, 0.5) is 0 Å². The van der Waals surface area contributed by atoms with Gasteiger partial charge in [-0.3, -0.25) is 9.69 Å². The van der Waals surface area contributed by atoms with Crippen molar-refractivity contribution >= 4 is 5.91 Å². The number of likely N-dealkylation sites (tertiary alicyclic amines) is 1. The van der Waals surface area contributed by atoms with Gasteiger partial charge in [-0.25, -0.2) is 0 Å². The second-order valence-corrected chi connectivity index (χ2v) is 5.75. The van der Waals surface area contributed by atoms with Crippen molar-refractivity contribution in [1.29, 1.82) is 0 Å². The van der Waals surface area contributed by atoms with Crippen molar-refractivity contribution < 1.29 is 4.79 Å². The van der Waals surface area contributed by atoms with Gasteiger partial charge in [-0.15, -0.1) is 0 Å². The minimum Gasteiger partial charge on any atom is -0.340 e. The van der Waals surface area contributed by atoms with E-state index in [4.69, 9.17) is 5.73 Å². The number of piperidine rings is 1. The van der Waals surface area contributed by atoms with E-state index in [1.165, 1.54) is 5.56 Å². The van der Waals surface area contributed by atoms with Gasteiger partial charge in [0.25, 0.3) is 0 Å². The van der Waals surface area contributed by atoms with E-state index in [1.54, 1.807) is 6.92 Å². The highest BCUT2D eigenvalue weighted by Gasteiger charge is 2.27. The Hall–Kier alpha value is -1.39. The van der Waals surface area contributed by atoms with E-state index < -0.39 is 6.04 Å². The van der Waals surface area contributed by atoms with Crippen molar-refractivity contribution in [3.63, 3.8) is 0 Å². The maximum atomic E-state index is 12.0. The summed E-state index contributed by atoms with van der Waals surface area (Å²) >= 11 is 0. The minimum atomic E-state index is -0.413. The van der Waals surface area contributed by atoms with E-state index in [0.717, 1.165) is 32.5 Å². The third-order valence-electron chi connectivity index (χ3n) is 4.01. The van der Waals surface area contributed by atoms with E-state index in [0.29, 0.717) is 0 Å². The number of hydrogen-bond donors (Lipinski definition) is 1. The van der Waals surface area contributed by atoms with Crippen LogP contribution in [-0.4, -0.2) is 47.9 Å². The van der Waals surface area contributed by atoms with Gasteiger partial charge in [-0.05, 0) is 31.9 Å². The molecular formula is C16H25N3O. The molecule has 4 nitrogen and oxygen atoms in total. The number of carbonyl (C=O) groups excluding carboxylic acids is 1. The number of nitrogens with two attached hydrogens (primary N) is 1. The van der Waals surface area contributed by atoms with Crippen molar-refractivity contribution in [2.75, 3.05) is 20.1 Å². The van der Waals surface area contributed by atoms with Gasteiger partial charge < -0.3 is 10.6 Å². The third-order valence-corrected chi connectivity index (χ3v) is 4.01. The number of likely N-dealkylation sites (N-methyl/N-ethyl adjacent to an activating group) is 1. The zero-order valence-electron chi connectivity index (χ0n) is 12.5. The molecule has 4 heteroatoms. The SMILES string of the molecule is C[C@H](N)C(=O)N(C)C1CCCN(Cc2ccccc2)C1. The van der Waals surface area contributed by atoms with Gasteiger partial charge >= 0.3 is 0 Å². The molecular weight excluding hydrogens is 250 g/mol. The van der Waals surface area contributed by atoms with Gasteiger partial charge in [0, 0.05) is 26.2 Å². The second-order valence-electron chi connectivity index (χ2n) is 5.75. The number of amides is 1. The molecule has 1 aromatic rings. The van der Waals surface area contributed by atoms with Gasteiger partial charge in [0.1, 0.15) is 0 Å². The summed E-state index contributed by atoms with van der Waals surface area (Å²) in [6.07, 6.45) is 2.20. The van der Waals surface area contributed by atoms with E-state index in [-0.39, 0.29) is 11.9 Å². The van der Waals surface area contributed by atoms with Crippen molar-refractivity contribution in [2.45, 2.75) is 38.4 Å². The second kappa shape index (κ2) is 6.86. The average molecular weight is 275 g/mol. The fraction of sp³-hybridized carbons (Fsp3) is 0.562. The molecule has 0 aromatic heterocycles. The third kappa shape index (κ3) is 3.81. The maximum Gasteiger partial charge on any atom is 0.239 e. The minimum absolute atomic E-state index is 0.0385. The van der Waals surface area contributed by atoms with Crippen molar-refractivity contribution in [2.24, 2.45) is 5.73 Å².